The summed E-state index contributed by atoms with van der Waals surface area (Å²) in [7, 11) is 1.89. The fraction of sp³-hybridized carbons (Fsp3) is 0.706. The van der Waals surface area contributed by atoms with E-state index in [2.05, 4.69) is 26.0 Å². The van der Waals surface area contributed by atoms with Crippen LogP contribution in [0.5, 0.6) is 0 Å². The molecular weight excluding hydrogens is 447 g/mol. The highest BCUT2D eigenvalue weighted by molar-refractivity contribution is 14.0. The molecule has 0 aliphatic rings. The zero-order valence-corrected chi connectivity index (χ0v) is 19.2. The summed E-state index contributed by atoms with van der Waals surface area (Å²) in [5, 5.41) is 13.4. The smallest absolute Gasteiger partial charge is 0.408 e. The van der Waals surface area contributed by atoms with E-state index in [1.54, 1.807) is 10.9 Å². The minimum atomic E-state index is -0.521. The summed E-state index contributed by atoms with van der Waals surface area (Å²) in [4.78, 5) is 16.5. The maximum absolute atomic E-state index is 11.9. The van der Waals surface area contributed by atoms with Crippen molar-refractivity contribution in [3.63, 3.8) is 0 Å². The van der Waals surface area contributed by atoms with Crippen molar-refractivity contribution in [2.45, 2.75) is 59.2 Å². The Kier molecular flexibility index (Phi) is 9.97. The van der Waals surface area contributed by atoms with Crippen LogP contribution >= 0.6 is 24.0 Å². The first-order valence-electron chi connectivity index (χ1n) is 8.52. The van der Waals surface area contributed by atoms with E-state index in [4.69, 9.17) is 4.74 Å². The monoisotopic (exact) mass is 480 g/mol. The number of nitrogens with zero attached hydrogens (tertiary/aromatic N) is 3. The second-order valence-electron chi connectivity index (χ2n) is 7.51. The minimum absolute atomic E-state index is 0. The average Bonchev–Trinajstić information content (AvgIpc) is 2.84. The molecule has 0 saturated heterocycles. The van der Waals surface area contributed by atoms with Crippen LogP contribution in [0.2, 0.25) is 0 Å². The first-order chi connectivity index (χ1) is 11.5. The second kappa shape index (κ2) is 10.6. The molecule has 0 aromatic carbocycles. The Balaban J connectivity index is 0.00000625. The Morgan fingerprint density at radius 1 is 1.27 bits per heavy atom. The molecule has 1 rings (SSSR count). The van der Waals surface area contributed by atoms with E-state index in [1.165, 1.54) is 0 Å². The molecule has 3 N–H and O–H groups in total. The van der Waals surface area contributed by atoms with Crippen molar-refractivity contribution in [2.24, 2.45) is 12.0 Å². The summed E-state index contributed by atoms with van der Waals surface area (Å²) in [5.41, 5.74) is 0.00124. The second-order valence-corrected chi connectivity index (χ2v) is 7.51. The van der Waals surface area contributed by atoms with Crippen molar-refractivity contribution in [1.29, 1.82) is 0 Å². The third-order valence-electron chi connectivity index (χ3n) is 3.20. The Morgan fingerprint density at radius 2 is 1.92 bits per heavy atom. The van der Waals surface area contributed by atoms with Gasteiger partial charge in [-0.3, -0.25) is 4.68 Å². The fourth-order valence-electron chi connectivity index (χ4n) is 1.99. The maximum atomic E-state index is 11.9. The number of guanidine groups is 1. The largest absolute Gasteiger partial charge is 0.444 e. The van der Waals surface area contributed by atoms with Gasteiger partial charge < -0.3 is 20.7 Å². The van der Waals surface area contributed by atoms with Crippen molar-refractivity contribution >= 4 is 36.0 Å². The van der Waals surface area contributed by atoms with Gasteiger partial charge in [0.25, 0.3) is 0 Å². The first-order valence-corrected chi connectivity index (χ1v) is 8.52. The third-order valence-corrected chi connectivity index (χ3v) is 3.20. The molecule has 0 unspecified atom stereocenters. The fourth-order valence-corrected chi connectivity index (χ4v) is 1.99. The highest BCUT2D eigenvalue weighted by atomic mass is 127. The lowest BCUT2D eigenvalue weighted by Gasteiger charge is -2.29. The molecular formula is C17H33IN6O2. The molecule has 1 amide bonds. The number of alkyl carbamates (subject to hydrolysis) is 1. The van der Waals surface area contributed by atoms with Gasteiger partial charge in [0, 0.05) is 26.3 Å². The molecule has 0 aliphatic heterocycles. The maximum Gasteiger partial charge on any atom is 0.408 e. The number of amides is 1. The van der Waals surface area contributed by atoms with E-state index in [9.17, 15) is 4.79 Å². The number of carbonyl (C=O) groups excluding carboxylic acids is 1. The van der Waals surface area contributed by atoms with Gasteiger partial charge >= 0.3 is 6.09 Å². The Bertz CT molecular complexity index is 592. The molecule has 0 bridgehead atoms. The van der Waals surface area contributed by atoms with Gasteiger partial charge in [0.15, 0.2) is 5.96 Å². The van der Waals surface area contributed by atoms with Gasteiger partial charge in [0.1, 0.15) is 5.60 Å². The van der Waals surface area contributed by atoms with Crippen molar-refractivity contribution in [3.8, 4) is 0 Å². The summed E-state index contributed by atoms with van der Waals surface area (Å²) in [5.74, 6) is 0.683. The number of aliphatic imine (C=N–C) groups is 1. The number of aromatic nitrogens is 2. The molecule has 0 aliphatic carbocycles. The summed E-state index contributed by atoms with van der Waals surface area (Å²) in [6.45, 7) is 13.1. The van der Waals surface area contributed by atoms with Crippen LogP contribution < -0.4 is 16.0 Å². The molecule has 0 fully saturated rings. The van der Waals surface area contributed by atoms with Crippen molar-refractivity contribution in [1.82, 2.24) is 25.7 Å². The Hall–Kier alpha value is -1.52. The number of hydrogen-bond acceptors (Lipinski definition) is 4. The van der Waals surface area contributed by atoms with Crippen LogP contribution in [-0.4, -0.2) is 46.1 Å². The van der Waals surface area contributed by atoms with Gasteiger partial charge in [-0.15, -0.1) is 24.0 Å². The van der Waals surface area contributed by atoms with Gasteiger partial charge in [-0.25, -0.2) is 9.79 Å². The predicted molar refractivity (Wildman–Crippen MR) is 115 cm³/mol. The predicted octanol–water partition coefficient (Wildman–Crippen LogP) is 2.40. The summed E-state index contributed by atoms with van der Waals surface area (Å²) in [6, 6.07) is 1.93. The van der Waals surface area contributed by atoms with Crippen LogP contribution in [0.15, 0.2) is 17.3 Å². The van der Waals surface area contributed by atoms with Gasteiger partial charge in [0.2, 0.25) is 0 Å². The Morgan fingerprint density at radius 3 is 2.42 bits per heavy atom. The van der Waals surface area contributed by atoms with E-state index in [-0.39, 0.29) is 24.0 Å². The van der Waals surface area contributed by atoms with Crippen LogP contribution in [0, 0.1) is 0 Å². The quantitative estimate of drug-likeness (QED) is 0.331. The van der Waals surface area contributed by atoms with Crippen LogP contribution in [0.4, 0.5) is 4.79 Å². The van der Waals surface area contributed by atoms with Crippen LogP contribution in [0.3, 0.4) is 0 Å². The van der Waals surface area contributed by atoms with Gasteiger partial charge in [-0.05, 0) is 47.6 Å². The normalized spacial score (nSPS) is 12.2. The van der Waals surface area contributed by atoms with Crippen molar-refractivity contribution < 1.29 is 9.53 Å². The van der Waals surface area contributed by atoms with Gasteiger partial charge in [-0.1, -0.05) is 0 Å². The standard InChI is InChI=1S/C17H32N6O2.HI/c1-8-18-14(19-11-13-9-10-21-23(13)7)20-12-17(5,6)22-15(24)25-16(2,3)4;/h9-10H,8,11-12H2,1-7H3,(H,22,24)(H2,18,19,20);1H. The lowest BCUT2D eigenvalue weighted by molar-refractivity contribution is 0.0474. The third kappa shape index (κ3) is 9.83. The number of aryl methyl sites for hydroxylation is 1. The highest BCUT2D eigenvalue weighted by Crippen LogP contribution is 2.09. The van der Waals surface area contributed by atoms with Crippen LogP contribution in [0.1, 0.15) is 47.2 Å². The number of nitrogens with one attached hydrogen (secondary N) is 3. The number of ether oxygens (including phenoxy) is 1. The number of rotatable bonds is 6. The van der Waals surface area contributed by atoms with Crippen molar-refractivity contribution in [2.75, 3.05) is 13.1 Å². The van der Waals surface area contributed by atoms with Gasteiger partial charge in [-0.2, -0.15) is 5.10 Å². The molecule has 0 saturated carbocycles. The van der Waals surface area contributed by atoms with Gasteiger partial charge in [0.05, 0.1) is 17.8 Å². The molecule has 1 aromatic rings. The summed E-state index contributed by atoms with van der Waals surface area (Å²) in [6.07, 6.45) is 1.31. The van der Waals surface area contributed by atoms with E-state index < -0.39 is 17.2 Å². The first kappa shape index (κ1) is 24.5. The molecule has 150 valence electrons. The number of hydrogen-bond donors (Lipinski definition) is 3. The Labute approximate surface area is 173 Å². The van der Waals surface area contributed by atoms with E-state index >= 15 is 0 Å². The molecule has 0 radical (unpaired) electrons. The van der Waals surface area contributed by atoms with Crippen molar-refractivity contribution in [3.05, 3.63) is 18.0 Å². The zero-order chi connectivity index (χ0) is 19.1. The average molecular weight is 480 g/mol. The molecule has 1 aromatic heterocycles. The lowest BCUT2D eigenvalue weighted by atomic mass is 10.1. The van der Waals surface area contributed by atoms with E-state index in [1.807, 2.05) is 54.7 Å². The van der Waals surface area contributed by atoms with Crippen LogP contribution in [-0.2, 0) is 18.3 Å². The van der Waals surface area contributed by atoms with E-state index in [0.29, 0.717) is 19.0 Å². The zero-order valence-electron chi connectivity index (χ0n) is 16.8. The SMILES string of the molecule is CCNC(=NCc1ccnn1C)NCC(C)(C)NC(=O)OC(C)(C)C.I. The lowest BCUT2D eigenvalue weighted by Crippen LogP contribution is -2.54. The molecule has 9 heteroatoms. The topological polar surface area (TPSA) is 92.6 Å². The van der Waals surface area contributed by atoms with Crippen LogP contribution in [0.25, 0.3) is 0 Å². The molecule has 1 heterocycles. The highest BCUT2D eigenvalue weighted by Gasteiger charge is 2.24. The summed E-state index contributed by atoms with van der Waals surface area (Å²) >= 11 is 0. The number of carbonyl (C=O) groups is 1. The molecule has 0 spiro atoms. The molecule has 8 nitrogen and oxygen atoms in total. The number of halogens is 1. The summed E-state index contributed by atoms with van der Waals surface area (Å²) < 4.78 is 7.10. The molecule has 26 heavy (non-hydrogen) atoms. The van der Waals surface area contributed by atoms with E-state index in [0.717, 1.165) is 12.2 Å². The molecule has 0 atom stereocenters. The minimum Gasteiger partial charge on any atom is -0.444 e.